The van der Waals surface area contributed by atoms with Gasteiger partial charge in [0.1, 0.15) is 5.75 Å². The summed E-state index contributed by atoms with van der Waals surface area (Å²) in [7, 11) is 1.79. The molecule has 0 radical (unpaired) electrons. The Kier molecular flexibility index (Phi) is 7.12. The number of benzene rings is 1. The number of amides is 1. The van der Waals surface area contributed by atoms with E-state index in [0.29, 0.717) is 17.7 Å². The van der Waals surface area contributed by atoms with E-state index in [4.69, 9.17) is 4.74 Å². The summed E-state index contributed by atoms with van der Waals surface area (Å²) >= 11 is 0. The van der Waals surface area contributed by atoms with Gasteiger partial charge in [0, 0.05) is 32.1 Å². The monoisotopic (exact) mass is 398 g/mol. The lowest BCUT2D eigenvalue weighted by Crippen LogP contribution is -2.50. The summed E-state index contributed by atoms with van der Waals surface area (Å²) in [5, 5.41) is 0. The average Bonchev–Trinajstić information content (AvgIpc) is 2.79. The molecule has 1 amide bonds. The Balaban J connectivity index is 1.21. The molecule has 1 heterocycles. The molecule has 1 unspecified atom stereocenters. The standard InChI is InChI=1S/C25H38N2O2/c1-29-24-14-6-12-22-20(10-5-13-23(22)24)11-7-15-26-16-18-27(19-17-26)25(28)21-8-3-2-4-9-21/h6,12,14,20-21H,2-5,7-11,13,15-19H2,1H3. The van der Waals surface area contributed by atoms with Gasteiger partial charge in [-0.05, 0) is 74.6 Å². The van der Waals surface area contributed by atoms with Crippen LogP contribution in [0, 0.1) is 5.92 Å². The summed E-state index contributed by atoms with van der Waals surface area (Å²) in [6, 6.07) is 6.57. The van der Waals surface area contributed by atoms with Gasteiger partial charge in [-0.1, -0.05) is 31.4 Å². The number of carbonyl (C=O) groups excluding carboxylic acids is 1. The maximum atomic E-state index is 12.7. The third kappa shape index (κ3) is 4.96. The lowest BCUT2D eigenvalue weighted by Gasteiger charge is -2.37. The summed E-state index contributed by atoms with van der Waals surface area (Å²) in [5.74, 6) is 2.52. The summed E-state index contributed by atoms with van der Waals surface area (Å²) < 4.78 is 5.59. The van der Waals surface area contributed by atoms with Gasteiger partial charge in [-0.3, -0.25) is 9.69 Å². The Morgan fingerprint density at radius 1 is 1.03 bits per heavy atom. The third-order valence-electron chi connectivity index (χ3n) is 7.47. The zero-order valence-electron chi connectivity index (χ0n) is 18.2. The average molecular weight is 399 g/mol. The molecule has 1 saturated carbocycles. The molecule has 160 valence electrons. The number of ether oxygens (including phenoxy) is 1. The largest absolute Gasteiger partial charge is 0.496 e. The van der Waals surface area contributed by atoms with E-state index in [0.717, 1.165) is 51.2 Å². The first-order valence-corrected chi connectivity index (χ1v) is 11.9. The fraction of sp³-hybridized carbons (Fsp3) is 0.720. The first-order valence-electron chi connectivity index (χ1n) is 11.9. The number of hydrogen-bond acceptors (Lipinski definition) is 3. The molecule has 1 saturated heterocycles. The van der Waals surface area contributed by atoms with Gasteiger partial charge in [-0.2, -0.15) is 0 Å². The summed E-state index contributed by atoms with van der Waals surface area (Å²) in [5.41, 5.74) is 2.97. The van der Waals surface area contributed by atoms with Crippen LogP contribution in [0.1, 0.15) is 74.8 Å². The molecule has 4 nitrogen and oxygen atoms in total. The third-order valence-corrected chi connectivity index (χ3v) is 7.47. The van der Waals surface area contributed by atoms with Crippen LogP contribution in [0.25, 0.3) is 0 Å². The number of methoxy groups -OCH3 is 1. The van der Waals surface area contributed by atoms with Crippen molar-refractivity contribution in [1.29, 1.82) is 0 Å². The Hall–Kier alpha value is -1.55. The minimum atomic E-state index is 0.318. The molecule has 2 aliphatic carbocycles. The minimum Gasteiger partial charge on any atom is -0.496 e. The number of carbonyl (C=O) groups is 1. The van der Waals surface area contributed by atoms with E-state index in [9.17, 15) is 4.79 Å². The second-order valence-corrected chi connectivity index (χ2v) is 9.26. The van der Waals surface area contributed by atoms with Gasteiger partial charge in [-0.25, -0.2) is 0 Å². The van der Waals surface area contributed by atoms with Gasteiger partial charge >= 0.3 is 0 Å². The molecule has 0 bridgehead atoms. The van der Waals surface area contributed by atoms with E-state index in [2.05, 4.69) is 28.0 Å². The maximum Gasteiger partial charge on any atom is 0.225 e. The van der Waals surface area contributed by atoms with Crippen molar-refractivity contribution in [3.05, 3.63) is 29.3 Å². The predicted octanol–water partition coefficient (Wildman–Crippen LogP) is 4.62. The highest BCUT2D eigenvalue weighted by atomic mass is 16.5. The molecule has 4 heteroatoms. The van der Waals surface area contributed by atoms with E-state index >= 15 is 0 Å². The Bertz CT molecular complexity index is 675. The SMILES string of the molecule is COc1cccc2c1CCCC2CCCN1CCN(C(=O)C2CCCCC2)CC1. The van der Waals surface area contributed by atoms with Gasteiger partial charge in [0.2, 0.25) is 5.91 Å². The van der Waals surface area contributed by atoms with Crippen LogP contribution in [-0.2, 0) is 11.2 Å². The van der Waals surface area contributed by atoms with Crippen molar-refractivity contribution >= 4 is 5.91 Å². The Morgan fingerprint density at radius 3 is 2.59 bits per heavy atom. The van der Waals surface area contributed by atoms with Gasteiger partial charge in [-0.15, -0.1) is 0 Å². The quantitative estimate of drug-likeness (QED) is 0.701. The van der Waals surface area contributed by atoms with Crippen LogP contribution < -0.4 is 4.74 Å². The van der Waals surface area contributed by atoms with Crippen molar-refractivity contribution < 1.29 is 9.53 Å². The smallest absolute Gasteiger partial charge is 0.225 e. The molecule has 1 aromatic carbocycles. The van der Waals surface area contributed by atoms with Crippen molar-refractivity contribution in [3.63, 3.8) is 0 Å². The topological polar surface area (TPSA) is 32.8 Å². The van der Waals surface area contributed by atoms with Gasteiger partial charge in [0.05, 0.1) is 7.11 Å². The first kappa shape index (κ1) is 20.7. The fourth-order valence-electron chi connectivity index (χ4n) is 5.77. The molecule has 0 spiro atoms. The zero-order chi connectivity index (χ0) is 20.1. The van der Waals surface area contributed by atoms with Crippen molar-refractivity contribution in [2.45, 2.75) is 70.1 Å². The van der Waals surface area contributed by atoms with Crippen LogP contribution in [0.3, 0.4) is 0 Å². The van der Waals surface area contributed by atoms with E-state index in [1.54, 1.807) is 7.11 Å². The van der Waals surface area contributed by atoms with E-state index in [1.807, 2.05) is 0 Å². The van der Waals surface area contributed by atoms with Crippen LogP contribution in [0.4, 0.5) is 0 Å². The molecule has 29 heavy (non-hydrogen) atoms. The highest BCUT2D eigenvalue weighted by Gasteiger charge is 2.28. The van der Waals surface area contributed by atoms with Crippen molar-refractivity contribution in [1.82, 2.24) is 9.80 Å². The van der Waals surface area contributed by atoms with Gasteiger partial charge in [0.15, 0.2) is 0 Å². The van der Waals surface area contributed by atoms with Crippen molar-refractivity contribution in [2.24, 2.45) is 5.92 Å². The van der Waals surface area contributed by atoms with Crippen LogP contribution in [0.15, 0.2) is 18.2 Å². The van der Waals surface area contributed by atoms with Crippen molar-refractivity contribution in [2.75, 3.05) is 39.8 Å². The number of fused-ring (bicyclic) bond motifs is 1. The lowest BCUT2D eigenvalue weighted by atomic mass is 9.80. The second-order valence-electron chi connectivity index (χ2n) is 9.26. The fourth-order valence-corrected chi connectivity index (χ4v) is 5.77. The second kappa shape index (κ2) is 9.97. The maximum absolute atomic E-state index is 12.7. The first-order chi connectivity index (χ1) is 14.3. The molecular formula is C25H38N2O2. The highest BCUT2D eigenvalue weighted by Crippen LogP contribution is 2.38. The van der Waals surface area contributed by atoms with E-state index in [1.165, 1.54) is 62.6 Å². The van der Waals surface area contributed by atoms with Crippen molar-refractivity contribution in [3.8, 4) is 5.75 Å². The van der Waals surface area contributed by atoms with Gasteiger partial charge in [0.25, 0.3) is 0 Å². The molecule has 4 rings (SSSR count). The number of nitrogens with zero attached hydrogens (tertiary/aromatic N) is 2. The van der Waals surface area contributed by atoms with Crippen LogP contribution in [0.5, 0.6) is 5.75 Å². The van der Waals surface area contributed by atoms with Gasteiger partial charge < -0.3 is 9.64 Å². The molecule has 3 aliphatic rings. The number of rotatable bonds is 6. The normalized spacial score (nSPS) is 23.6. The molecule has 0 N–H and O–H groups in total. The highest BCUT2D eigenvalue weighted by molar-refractivity contribution is 5.79. The molecular weight excluding hydrogens is 360 g/mol. The van der Waals surface area contributed by atoms with Crippen LogP contribution in [0.2, 0.25) is 0 Å². The molecule has 0 aromatic heterocycles. The molecule has 2 fully saturated rings. The Labute approximate surface area is 176 Å². The lowest BCUT2D eigenvalue weighted by molar-refractivity contribution is -0.138. The summed E-state index contributed by atoms with van der Waals surface area (Å²) in [6.45, 7) is 5.12. The summed E-state index contributed by atoms with van der Waals surface area (Å²) in [4.78, 5) is 17.5. The number of piperazine rings is 1. The van der Waals surface area contributed by atoms with Crippen LogP contribution in [-0.4, -0.2) is 55.5 Å². The van der Waals surface area contributed by atoms with E-state index < -0.39 is 0 Å². The molecule has 1 aromatic rings. The predicted molar refractivity (Wildman–Crippen MR) is 118 cm³/mol. The molecule has 1 aliphatic heterocycles. The summed E-state index contributed by atoms with van der Waals surface area (Å²) in [6.07, 6.45) is 12.3. The Morgan fingerprint density at radius 2 is 1.83 bits per heavy atom. The zero-order valence-corrected chi connectivity index (χ0v) is 18.2. The number of hydrogen-bond donors (Lipinski definition) is 0. The van der Waals surface area contributed by atoms with Crippen LogP contribution >= 0.6 is 0 Å². The minimum absolute atomic E-state index is 0.318. The molecule has 1 atom stereocenters. The van der Waals surface area contributed by atoms with E-state index in [-0.39, 0.29) is 0 Å².